The summed E-state index contributed by atoms with van der Waals surface area (Å²) >= 11 is 0. The molecule has 1 N–H and O–H groups in total. The van der Waals surface area contributed by atoms with Crippen molar-refractivity contribution in [3.8, 4) is 0 Å². The van der Waals surface area contributed by atoms with Crippen molar-refractivity contribution < 1.29 is 12.8 Å². The molecule has 0 spiro atoms. The highest BCUT2D eigenvalue weighted by Crippen LogP contribution is 2.26. The standard InChI is InChI=1S/C12H16FNO2S/c1-17(15,16)12-5-4-9(7-11(12)13)10-3-2-6-14-8-10/h4-5,7,10,14H,2-3,6,8H2,1H3. The summed E-state index contributed by atoms with van der Waals surface area (Å²) in [5.74, 6) is -0.359. The predicted octanol–water partition coefficient (Wildman–Crippen LogP) is 1.70. The van der Waals surface area contributed by atoms with Crippen LogP contribution in [-0.4, -0.2) is 27.8 Å². The van der Waals surface area contributed by atoms with Crippen LogP contribution in [-0.2, 0) is 9.84 Å². The molecule has 1 aliphatic heterocycles. The van der Waals surface area contributed by atoms with Gasteiger partial charge < -0.3 is 5.32 Å². The Labute approximate surface area is 101 Å². The minimum atomic E-state index is -3.47. The minimum absolute atomic E-state index is 0.218. The molecule has 0 saturated carbocycles. The van der Waals surface area contributed by atoms with E-state index in [-0.39, 0.29) is 10.8 Å². The van der Waals surface area contributed by atoms with Gasteiger partial charge in [0, 0.05) is 12.8 Å². The molecule has 17 heavy (non-hydrogen) atoms. The SMILES string of the molecule is CS(=O)(=O)c1ccc(C2CCCNC2)cc1F. The molecular formula is C12H16FNO2S. The summed E-state index contributed by atoms with van der Waals surface area (Å²) in [6.45, 7) is 1.83. The predicted molar refractivity (Wildman–Crippen MR) is 64.4 cm³/mol. The first kappa shape index (κ1) is 12.5. The maximum atomic E-state index is 13.7. The fourth-order valence-corrected chi connectivity index (χ4v) is 2.94. The molecule has 1 unspecified atom stereocenters. The number of rotatable bonds is 2. The molecule has 0 bridgehead atoms. The Balaban J connectivity index is 2.30. The number of halogens is 1. The molecule has 1 aliphatic rings. The Morgan fingerprint density at radius 3 is 2.71 bits per heavy atom. The van der Waals surface area contributed by atoms with Gasteiger partial charge in [0.15, 0.2) is 9.84 Å². The summed E-state index contributed by atoms with van der Waals surface area (Å²) < 4.78 is 36.3. The second kappa shape index (κ2) is 4.74. The van der Waals surface area contributed by atoms with Crippen LogP contribution < -0.4 is 5.32 Å². The average Bonchev–Trinajstić information content (AvgIpc) is 2.28. The van der Waals surface area contributed by atoms with Gasteiger partial charge in [-0.15, -0.1) is 0 Å². The molecule has 94 valence electrons. The smallest absolute Gasteiger partial charge is 0.178 e. The number of hydrogen-bond donors (Lipinski definition) is 1. The van der Waals surface area contributed by atoms with Gasteiger partial charge in [-0.1, -0.05) is 6.07 Å². The van der Waals surface area contributed by atoms with Gasteiger partial charge in [0.1, 0.15) is 10.7 Å². The first-order valence-corrected chi connectivity index (χ1v) is 7.58. The van der Waals surface area contributed by atoms with Gasteiger partial charge in [0.05, 0.1) is 0 Å². The Morgan fingerprint density at radius 1 is 1.41 bits per heavy atom. The van der Waals surface area contributed by atoms with Crippen molar-refractivity contribution in [3.05, 3.63) is 29.6 Å². The molecule has 2 rings (SSSR count). The molecule has 1 aromatic rings. The molecule has 1 aromatic carbocycles. The van der Waals surface area contributed by atoms with Crippen molar-refractivity contribution in [1.82, 2.24) is 5.32 Å². The van der Waals surface area contributed by atoms with Crippen LogP contribution in [0.5, 0.6) is 0 Å². The first-order chi connectivity index (χ1) is 7.98. The second-order valence-corrected chi connectivity index (χ2v) is 6.49. The lowest BCUT2D eigenvalue weighted by molar-refractivity contribution is 0.459. The molecular weight excluding hydrogens is 241 g/mol. The van der Waals surface area contributed by atoms with Crippen molar-refractivity contribution >= 4 is 9.84 Å². The van der Waals surface area contributed by atoms with Crippen molar-refractivity contribution in [2.24, 2.45) is 0 Å². The zero-order valence-corrected chi connectivity index (χ0v) is 10.6. The lowest BCUT2D eigenvalue weighted by atomic mass is 9.92. The summed E-state index contributed by atoms with van der Waals surface area (Å²) in [4.78, 5) is -0.218. The fraction of sp³-hybridized carbons (Fsp3) is 0.500. The quantitative estimate of drug-likeness (QED) is 0.877. The topological polar surface area (TPSA) is 46.2 Å². The minimum Gasteiger partial charge on any atom is -0.316 e. The third kappa shape index (κ3) is 2.84. The number of benzene rings is 1. The van der Waals surface area contributed by atoms with Crippen LogP contribution in [0.15, 0.2) is 23.1 Å². The largest absolute Gasteiger partial charge is 0.316 e. The molecule has 0 amide bonds. The maximum absolute atomic E-state index is 13.7. The lowest BCUT2D eigenvalue weighted by Gasteiger charge is -2.23. The van der Waals surface area contributed by atoms with Crippen molar-refractivity contribution in [1.29, 1.82) is 0 Å². The van der Waals surface area contributed by atoms with E-state index >= 15 is 0 Å². The molecule has 1 heterocycles. The zero-order valence-electron chi connectivity index (χ0n) is 9.74. The van der Waals surface area contributed by atoms with E-state index < -0.39 is 15.7 Å². The molecule has 5 heteroatoms. The number of hydrogen-bond acceptors (Lipinski definition) is 3. The van der Waals surface area contributed by atoms with Crippen molar-refractivity contribution in [2.75, 3.05) is 19.3 Å². The Kier molecular flexibility index (Phi) is 3.49. The van der Waals surface area contributed by atoms with Crippen LogP contribution in [0.3, 0.4) is 0 Å². The molecule has 0 radical (unpaired) electrons. The van der Waals surface area contributed by atoms with Gasteiger partial charge >= 0.3 is 0 Å². The summed E-state index contributed by atoms with van der Waals surface area (Å²) in [7, 11) is -3.47. The van der Waals surface area contributed by atoms with E-state index in [0.717, 1.165) is 37.8 Å². The summed E-state index contributed by atoms with van der Waals surface area (Å²) in [6.07, 6.45) is 3.11. The maximum Gasteiger partial charge on any atom is 0.178 e. The van der Waals surface area contributed by atoms with Crippen LogP contribution in [0.2, 0.25) is 0 Å². The molecule has 1 saturated heterocycles. The highest BCUT2D eigenvalue weighted by molar-refractivity contribution is 7.90. The van der Waals surface area contributed by atoms with Gasteiger partial charge in [-0.3, -0.25) is 0 Å². The van der Waals surface area contributed by atoms with Gasteiger partial charge in [0.2, 0.25) is 0 Å². The molecule has 1 fully saturated rings. The first-order valence-electron chi connectivity index (χ1n) is 5.69. The second-order valence-electron chi connectivity index (χ2n) is 4.51. The van der Waals surface area contributed by atoms with Crippen LogP contribution in [0, 0.1) is 5.82 Å². The van der Waals surface area contributed by atoms with Crippen molar-refractivity contribution in [2.45, 2.75) is 23.7 Å². The van der Waals surface area contributed by atoms with Gasteiger partial charge in [-0.25, -0.2) is 12.8 Å². The third-order valence-electron chi connectivity index (χ3n) is 3.12. The van der Waals surface area contributed by atoms with Gasteiger partial charge in [-0.2, -0.15) is 0 Å². The Hall–Kier alpha value is -0.940. The lowest BCUT2D eigenvalue weighted by Crippen LogP contribution is -2.28. The average molecular weight is 257 g/mol. The van der Waals surface area contributed by atoms with Gasteiger partial charge in [0.25, 0.3) is 0 Å². The molecule has 0 aliphatic carbocycles. The van der Waals surface area contributed by atoms with Crippen LogP contribution in [0.25, 0.3) is 0 Å². The third-order valence-corrected chi connectivity index (χ3v) is 4.25. The van der Waals surface area contributed by atoms with Crippen molar-refractivity contribution in [3.63, 3.8) is 0 Å². The van der Waals surface area contributed by atoms with E-state index in [2.05, 4.69) is 5.32 Å². The zero-order chi connectivity index (χ0) is 12.5. The summed E-state index contributed by atoms with van der Waals surface area (Å²) in [6, 6.07) is 4.44. The Morgan fingerprint density at radius 2 is 2.18 bits per heavy atom. The number of nitrogens with one attached hydrogen (secondary N) is 1. The van der Waals surface area contributed by atoms with E-state index in [1.807, 2.05) is 0 Å². The number of piperidine rings is 1. The van der Waals surface area contributed by atoms with E-state index in [0.29, 0.717) is 0 Å². The normalized spacial score (nSPS) is 21.4. The fourth-order valence-electron chi connectivity index (χ4n) is 2.21. The van der Waals surface area contributed by atoms with E-state index in [1.54, 1.807) is 6.07 Å². The van der Waals surface area contributed by atoms with E-state index in [1.165, 1.54) is 12.1 Å². The van der Waals surface area contributed by atoms with Crippen LogP contribution in [0.4, 0.5) is 4.39 Å². The molecule has 3 nitrogen and oxygen atoms in total. The highest BCUT2D eigenvalue weighted by atomic mass is 32.2. The molecule has 1 atom stereocenters. The summed E-state index contributed by atoms with van der Waals surface area (Å²) in [5, 5.41) is 3.26. The monoisotopic (exact) mass is 257 g/mol. The van der Waals surface area contributed by atoms with E-state index in [4.69, 9.17) is 0 Å². The molecule has 0 aromatic heterocycles. The highest BCUT2D eigenvalue weighted by Gasteiger charge is 2.19. The summed E-state index contributed by atoms with van der Waals surface area (Å²) in [5.41, 5.74) is 0.877. The van der Waals surface area contributed by atoms with Crippen LogP contribution >= 0.6 is 0 Å². The number of sulfone groups is 1. The van der Waals surface area contributed by atoms with Crippen LogP contribution in [0.1, 0.15) is 24.3 Å². The van der Waals surface area contributed by atoms with Gasteiger partial charge in [-0.05, 0) is 43.0 Å². The van der Waals surface area contributed by atoms with E-state index in [9.17, 15) is 12.8 Å². The Bertz CT molecular complexity index is 507.